The van der Waals surface area contributed by atoms with Crippen LogP contribution in [0.5, 0.6) is 23.0 Å². The van der Waals surface area contributed by atoms with Crippen LogP contribution in [-0.4, -0.2) is 36.1 Å². The monoisotopic (exact) mass is 802 g/mol. The van der Waals surface area contributed by atoms with Crippen molar-refractivity contribution >= 4 is 18.2 Å². The van der Waals surface area contributed by atoms with Gasteiger partial charge in [0.05, 0.1) is 29.1 Å². The Morgan fingerprint density at radius 2 is 0.982 bits per heavy atom. The van der Waals surface area contributed by atoms with E-state index >= 15 is 0 Å². The number of hydrogen-bond acceptors (Lipinski definition) is 6. The number of rotatable bonds is 22. The summed E-state index contributed by atoms with van der Waals surface area (Å²) in [6.07, 6.45) is 12.9. The zero-order chi connectivity index (χ0) is 41.2. The second-order valence-electron chi connectivity index (χ2n) is 16.5. The van der Waals surface area contributed by atoms with Crippen LogP contribution in [0.25, 0.3) is 0 Å². The Bertz CT molecular complexity index is 1790. The number of hydrogen-bond donors (Lipinski definition) is 0. The van der Waals surface area contributed by atoms with Crippen LogP contribution in [-0.2, 0) is 19.7 Å². The molecule has 6 nitrogen and oxygen atoms in total. The topological polar surface area (TPSA) is 71.1 Å². The number of sulfone groups is 1. The number of methoxy groups -OCH3 is 1. The fraction of sp³-hybridized carbons (Fsp3) is 0.500. The van der Waals surface area contributed by atoms with Gasteiger partial charge in [-0.1, -0.05) is 110 Å². The molecule has 4 aromatic carbocycles. The first-order chi connectivity index (χ1) is 26.6. The first kappa shape index (κ1) is 46.8. The van der Waals surface area contributed by atoms with Crippen molar-refractivity contribution in [2.75, 3.05) is 13.7 Å². The van der Waals surface area contributed by atoms with Crippen LogP contribution in [0.1, 0.15) is 124 Å². The fourth-order valence-electron chi connectivity index (χ4n) is 6.78. The van der Waals surface area contributed by atoms with Crippen molar-refractivity contribution in [1.82, 2.24) is 0 Å². The van der Waals surface area contributed by atoms with Gasteiger partial charge in [0, 0.05) is 5.41 Å². The molecule has 0 N–H and O–H groups in total. The van der Waals surface area contributed by atoms with Crippen molar-refractivity contribution < 1.29 is 27.1 Å². The summed E-state index contributed by atoms with van der Waals surface area (Å²) in [5, 5.41) is 0. The molecule has 4 rings (SSSR count). The van der Waals surface area contributed by atoms with E-state index in [9.17, 15) is 8.42 Å². The Balaban J connectivity index is 0.000000946. The minimum absolute atomic E-state index is 0.131. The molecule has 0 amide bonds. The van der Waals surface area contributed by atoms with E-state index in [1.165, 1.54) is 63.0 Å². The summed E-state index contributed by atoms with van der Waals surface area (Å²) >= 11 is 0. The van der Waals surface area contributed by atoms with Gasteiger partial charge in [0.15, 0.2) is 8.32 Å². The Labute approximate surface area is 341 Å². The van der Waals surface area contributed by atoms with E-state index in [0.717, 1.165) is 24.2 Å². The summed E-state index contributed by atoms with van der Waals surface area (Å²) in [5.41, 5.74) is 1.97. The predicted octanol–water partition coefficient (Wildman–Crippen LogP) is 14.0. The van der Waals surface area contributed by atoms with Crippen molar-refractivity contribution in [3.63, 3.8) is 0 Å². The van der Waals surface area contributed by atoms with Gasteiger partial charge in [-0.2, -0.15) is 0 Å². The van der Waals surface area contributed by atoms with Gasteiger partial charge in [0.2, 0.25) is 9.84 Å². The molecule has 0 aliphatic heterocycles. The molecule has 308 valence electrons. The highest BCUT2D eigenvalue weighted by Crippen LogP contribution is 2.35. The lowest BCUT2D eigenvalue weighted by Crippen LogP contribution is -2.41. The van der Waals surface area contributed by atoms with E-state index in [-0.39, 0.29) is 20.8 Å². The smallest absolute Gasteiger partial charge is 0.206 e. The first-order valence-corrected chi connectivity index (χ1v) is 25.4. The minimum atomic E-state index is -3.65. The summed E-state index contributed by atoms with van der Waals surface area (Å²) in [5.74, 6) is 2.70. The average Bonchev–Trinajstić information content (AvgIpc) is 3.18. The molecule has 0 atom stereocenters. The highest BCUT2D eigenvalue weighted by Gasteiger charge is 2.30. The lowest BCUT2D eigenvalue weighted by atomic mass is 9.78. The van der Waals surface area contributed by atoms with Crippen LogP contribution in [0.2, 0.25) is 19.1 Å². The minimum Gasteiger partial charge on any atom is -0.497 e. The molecule has 8 heteroatoms. The molecule has 0 saturated heterocycles. The second kappa shape index (κ2) is 22.4. The van der Waals surface area contributed by atoms with Crippen molar-refractivity contribution in [3.05, 3.63) is 108 Å². The van der Waals surface area contributed by atoms with Gasteiger partial charge in [-0.25, -0.2) is 8.42 Å². The van der Waals surface area contributed by atoms with Crippen molar-refractivity contribution in [2.24, 2.45) is 0 Å². The van der Waals surface area contributed by atoms with Crippen LogP contribution in [0, 0.1) is 0 Å². The zero-order valence-corrected chi connectivity index (χ0v) is 37.9. The van der Waals surface area contributed by atoms with E-state index in [0.29, 0.717) is 23.9 Å². The largest absolute Gasteiger partial charge is 0.497 e. The Morgan fingerprint density at radius 1 is 0.554 bits per heavy atom. The van der Waals surface area contributed by atoms with Gasteiger partial charge in [-0.15, -0.1) is 0 Å². The second-order valence-corrected chi connectivity index (χ2v) is 22.7. The van der Waals surface area contributed by atoms with E-state index in [1.54, 1.807) is 55.6 Å². The van der Waals surface area contributed by atoms with Crippen molar-refractivity contribution in [1.29, 1.82) is 0 Å². The van der Waals surface area contributed by atoms with Gasteiger partial charge in [0.1, 0.15) is 23.0 Å². The fourth-order valence-corrected chi connectivity index (χ4v) is 10.9. The predicted molar refractivity (Wildman–Crippen MR) is 236 cm³/mol. The molecule has 0 saturated carbocycles. The third-order valence-corrected chi connectivity index (χ3v) is 14.7. The van der Waals surface area contributed by atoms with Crippen LogP contribution < -0.4 is 14.2 Å². The summed E-state index contributed by atoms with van der Waals surface area (Å²) in [7, 11) is -3.75. The quantitative estimate of drug-likeness (QED) is 0.0582. The van der Waals surface area contributed by atoms with E-state index in [1.807, 2.05) is 12.1 Å². The molecular formula is C48H70O6SSi. The number of ether oxygens (including phenoxy) is 3. The van der Waals surface area contributed by atoms with Crippen LogP contribution in [0.15, 0.2) is 107 Å². The lowest BCUT2D eigenvalue weighted by Gasteiger charge is -2.35. The summed E-state index contributed by atoms with van der Waals surface area (Å²) in [4.78, 5) is 0.409. The van der Waals surface area contributed by atoms with Gasteiger partial charge >= 0.3 is 0 Å². The number of unbranched alkanes of at least 4 members (excludes halogenated alkanes) is 6. The van der Waals surface area contributed by atoms with E-state index in [4.69, 9.17) is 18.6 Å². The Kier molecular flexibility index (Phi) is 18.7. The molecule has 0 heterocycles. The Morgan fingerprint density at radius 3 is 1.43 bits per heavy atom. The highest BCUT2D eigenvalue weighted by molar-refractivity contribution is 7.91. The normalized spacial score (nSPS) is 12.1. The van der Waals surface area contributed by atoms with Crippen molar-refractivity contribution in [2.45, 2.75) is 153 Å². The van der Waals surface area contributed by atoms with Crippen molar-refractivity contribution in [3.8, 4) is 23.0 Å². The van der Waals surface area contributed by atoms with Gasteiger partial charge < -0.3 is 18.6 Å². The lowest BCUT2D eigenvalue weighted by molar-refractivity contribution is 0.0813. The van der Waals surface area contributed by atoms with E-state index in [2.05, 4.69) is 98.0 Å². The van der Waals surface area contributed by atoms with E-state index < -0.39 is 18.2 Å². The third-order valence-electron chi connectivity index (χ3n) is 10.2. The van der Waals surface area contributed by atoms with Gasteiger partial charge in [0.25, 0.3) is 0 Å². The standard InChI is InChI=1S/C40H52O6SSi.C8H18/c1-9-10-30-48(7,8)46-39(2,3)28-11-29-44-34-16-12-31(13-17-34)40(4,5)32-14-18-35(19-15-32)45-36-22-26-38(27-23-36)47(41,42)37-24-20-33(43-6)21-25-37;1-3-5-7-8-6-4-2/h12-27H,9-11,28-30H2,1-8H3;3-8H2,1-2H3. The van der Waals surface area contributed by atoms with Crippen LogP contribution in [0.4, 0.5) is 0 Å². The summed E-state index contributed by atoms with van der Waals surface area (Å²) in [6.45, 7) is 20.9. The van der Waals surface area contributed by atoms with Gasteiger partial charge in [-0.3, -0.25) is 0 Å². The maximum Gasteiger partial charge on any atom is 0.206 e. The summed E-state index contributed by atoms with van der Waals surface area (Å²) in [6, 6.07) is 30.4. The molecule has 0 aliphatic rings. The number of benzene rings is 4. The third kappa shape index (κ3) is 15.1. The summed E-state index contributed by atoms with van der Waals surface area (Å²) < 4.78 is 49.9. The maximum atomic E-state index is 13.0. The highest BCUT2D eigenvalue weighted by atomic mass is 32.2. The molecule has 0 spiro atoms. The van der Waals surface area contributed by atoms with Gasteiger partial charge in [-0.05, 0) is 130 Å². The molecule has 0 fully saturated rings. The van der Waals surface area contributed by atoms with Crippen LogP contribution >= 0.6 is 0 Å². The Hall–Kier alpha value is -3.59. The molecular weight excluding hydrogens is 733 g/mol. The SMILES string of the molecule is CCCCCCCC.CCCC[Si](C)(C)OC(C)(C)CCCOc1ccc(C(C)(C)c2ccc(Oc3ccc(S(=O)(=O)c4ccc(OC)cc4)cc3)cc2)cc1. The zero-order valence-electron chi connectivity index (χ0n) is 36.1. The molecule has 0 aromatic heterocycles. The molecule has 0 radical (unpaired) electrons. The molecule has 0 aliphatic carbocycles. The maximum absolute atomic E-state index is 13.0. The molecule has 56 heavy (non-hydrogen) atoms. The molecule has 0 unspecified atom stereocenters. The first-order valence-electron chi connectivity index (χ1n) is 20.8. The molecule has 0 bridgehead atoms. The molecule has 4 aromatic rings. The average molecular weight is 803 g/mol. The van der Waals surface area contributed by atoms with Crippen LogP contribution in [0.3, 0.4) is 0 Å².